The molecular formula is C14H11N7O. The molecule has 2 N–H and O–H groups in total. The first-order valence-electron chi connectivity index (χ1n) is 6.69. The maximum Gasteiger partial charge on any atom is 0.251 e. The largest absolute Gasteiger partial charge is 0.345 e. The Balaban J connectivity index is 1.51. The van der Waals surface area contributed by atoms with Crippen molar-refractivity contribution >= 4 is 22.6 Å². The number of nitrogens with one attached hydrogen (secondary N) is 2. The topological polar surface area (TPSA) is 101 Å². The molecule has 0 fully saturated rings. The van der Waals surface area contributed by atoms with Crippen molar-refractivity contribution in [1.82, 2.24) is 35.3 Å². The maximum atomic E-state index is 12.2. The van der Waals surface area contributed by atoms with Gasteiger partial charge in [0, 0.05) is 11.8 Å². The number of hydrogen-bond acceptors (Lipinski definition) is 5. The summed E-state index contributed by atoms with van der Waals surface area (Å²) in [6.45, 7) is 0.323. The minimum atomic E-state index is -0.203. The standard InChI is InChI=1S/C14H11N7O/c22-14(9-5-6-21-13(7-9)18-19-20-21)15-8-12-16-10-3-1-2-4-11(10)17-12/h1-7H,8H2,(H,15,22)(H,16,17). The number of aromatic nitrogens is 6. The highest BCUT2D eigenvalue weighted by Gasteiger charge is 2.09. The van der Waals surface area contributed by atoms with Crippen LogP contribution in [0.25, 0.3) is 16.7 Å². The summed E-state index contributed by atoms with van der Waals surface area (Å²) in [4.78, 5) is 19.7. The summed E-state index contributed by atoms with van der Waals surface area (Å²) in [6, 6.07) is 11.0. The van der Waals surface area contributed by atoms with Gasteiger partial charge in [0.25, 0.3) is 5.91 Å². The Labute approximate surface area is 124 Å². The zero-order valence-electron chi connectivity index (χ0n) is 11.4. The molecule has 8 nitrogen and oxygen atoms in total. The highest BCUT2D eigenvalue weighted by Crippen LogP contribution is 2.10. The highest BCUT2D eigenvalue weighted by molar-refractivity contribution is 5.94. The zero-order chi connectivity index (χ0) is 14.9. The van der Waals surface area contributed by atoms with E-state index >= 15 is 0 Å². The fourth-order valence-corrected chi connectivity index (χ4v) is 2.24. The van der Waals surface area contributed by atoms with E-state index in [9.17, 15) is 4.79 Å². The molecule has 0 spiro atoms. The van der Waals surface area contributed by atoms with Crippen LogP contribution in [-0.4, -0.2) is 35.9 Å². The van der Waals surface area contributed by atoms with E-state index in [1.807, 2.05) is 24.3 Å². The number of fused-ring (bicyclic) bond motifs is 2. The van der Waals surface area contributed by atoms with Crippen LogP contribution in [0, 0.1) is 0 Å². The fourth-order valence-electron chi connectivity index (χ4n) is 2.24. The normalized spacial score (nSPS) is 11.1. The average molecular weight is 293 g/mol. The third kappa shape index (κ3) is 2.16. The molecule has 4 rings (SSSR count). The molecule has 4 aromatic rings. The Bertz CT molecular complexity index is 938. The van der Waals surface area contributed by atoms with Crippen LogP contribution in [-0.2, 0) is 6.54 Å². The maximum absolute atomic E-state index is 12.2. The van der Waals surface area contributed by atoms with Crippen LogP contribution in [0.3, 0.4) is 0 Å². The number of tetrazole rings is 1. The molecule has 22 heavy (non-hydrogen) atoms. The van der Waals surface area contributed by atoms with Gasteiger partial charge < -0.3 is 10.3 Å². The van der Waals surface area contributed by atoms with Crippen molar-refractivity contribution in [1.29, 1.82) is 0 Å². The lowest BCUT2D eigenvalue weighted by molar-refractivity contribution is 0.0950. The number of hydrogen-bond donors (Lipinski definition) is 2. The molecule has 0 saturated heterocycles. The van der Waals surface area contributed by atoms with Crippen molar-refractivity contribution in [2.24, 2.45) is 0 Å². The molecule has 3 heterocycles. The first-order chi connectivity index (χ1) is 10.8. The number of carbonyl (C=O) groups excluding carboxylic acids is 1. The third-order valence-corrected chi connectivity index (χ3v) is 3.32. The van der Waals surface area contributed by atoms with E-state index in [1.165, 1.54) is 4.52 Å². The van der Waals surface area contributed by atoms with Crippen molar-refractivity contribution < 1.29 is 4.79 Å². The van der Waals surface area contributed by atoms with Crippen LogP contribution in [0.4, 0.5) is 0 Å². The van der Waals surface area contributed by atoms with E-state index in [2.05, 4.69) is 30.8 Å². The van der Waals surface area contributed by atoms with E-state index < -0.39 is 0 Å². The van der Waals surface area contributed by atoms with Gasteiger partial charge in [-0.05, 0) is 34.7 Å². The smallest absolute Gasteiger partial charge is 0.251 e. The summed E-state index contributed by atoms with van der Waals surface area (Å²) in [5.74, 6) is 0.505. The number of aromatic amines is 1. The third-order valence-electron chi connectivity index (χ3n) is 3.32. The number of carbonyl (C=O) groups is 1. The van der Waals surface area contributed by atoms with Crippen LogP contribution < -0.4 is 5.32 Å². The molecule has 0 bridgehead atoms. The number of H-pyrrole nitrogens is 1. The van der Waals surface area contributed by atoms with Gasteiger partial charge in [-0.25, -0.2) is 9.50 Å². The summed E-state index contributed by atoms with van der Waals surface area (Å²) >= 11 is 0. The molecule has 0 atom stereocenters. The molecule has 0 saturated carbocycles. The van der Waals surface area contributed by atoms with Crippen molar-refractivity contribution in [2.45, 2.75) is 6.54 Å². The Morgan fingerprint density at radius 1 is 1.27 bits per heavy atom. The fraction of sp³-hybridized carbons (Fsp3) is 0.0714. The highest BCUT2D eigenvalue weighted by atomic mass is 16.1. The second kappa shape index (κ2) is 4.92. The molecule has 1 amide bonds. The zero-order valence-corrected chi connectivity index (χ0v) is 11.4. The number of benzene rings is 1. The predicted octanol–water partition coefficient (Wildman–Crippen LogP) is 0.931. The number of rotatable bonds is 3. The molecule has 0 aliphatic rings. The summed E-state index contributed by atoms with van der Waals surface area (Å²) in [5.41, 5.74) is 2.85. The van der Waals surface area contributed by atoms with Crippen molar-refractivity contribution in [3.05, 3.63) is 54.0 Å². The van der Waals surface area contributed by atoms with E-state index in [-0.39, 0.29) is 5.91 Å². The van der Waals surface area contributed by atoms with Crippen LogP contribution in [0.2, 0.25) is 0 Å². The van der Waals surface area contributed by atoms with Gasteiger partial charge in [0.05, 0.1) is 17.6 Å². The average Bonchev–Trinajstić information content (AvgIpc) is 3.17. The van der Waals surface area contributed by atoms with Crippen LogP contribution in [0.5, 0.6) is 0 Å². The Hall–Kier alpha value is -3.29. The van der Waals surface area contributed by atoms with Gasteiger partial charge in [-0.1, -0.05) is 12.1 Å². The van der Waals surface area contributed by atoms with Gasteiger partial charge in [-0.15, -0.1) is 5.10 Å². The summed E-state index contributed by atoms with van der Waals surface area (Å²) in [6.07, 6.45) is 1.64. The van der Waals surface area contributed by atoms with Crippen molar-refractivity contribution in [3.8, 4) is 0 Å². The van der Waals surface area contributed by atoms with Crippen LogP contribution >= 0.6 is 0 Å². The van der Waals surface area contributed by atoms with Crippen molar-refractivity contribution in [2.75, 3.05) is 0 Å². The number of amides is 1. The quantitative estimate of drug-likeness (QED) is 0.585. The summed E-state index contributed by atoms with van der Waals surface area (Å²) in [5, 5.41) is 13.9. The number of nitrogens with zero attached hydrogens (tertiary/aromatic N) is 5. The minimum Gasteiger partial charge on any atom is -0.345 e. The minimum absolute atomic E-state index is 0.203. The first kappa shape index (κ1) is 12.5. The molecule has 0 radical (unpaired) electrons. The van der Waals surface area contributed by atoms with Crippen molar-refractivity contribution in [3.63, 3.8) is 0 Å². The second-order valence-corrected chi connectivity index (χ2v) is 4.78. The molecule has 3 aromatic heterocycles. The number of imidazole rings is 1. The van der Waals surface area contributed by atoms with Crippen LogP contribution in [0.15, 0.2) is 42.6 Å². The number of para-hydroxylation sites is 2. The van der Waals surface area contributed by atoms with Gasteiger partial charge in [0.2, 0.25) is 0 Å². The molecule has 0 aliphatic carbocycles. The van der Waals surface area contributed by atoms with Crippen LogP contribution in [0.1, 0.15) is 16.2 Å². The van der Waals surface area contributed by atoms with E-state index in [4.69, 9.17) is 0 Å². The SMILES string of the molecule is O=C(NCc1nc2ccccc2[nH]1)c1ccn2nnnc2c1. The molecular weight excluding hydrogens is 282 g/mol. The first-order valence-corrected chi connectivity index (χ1v) is 6.69. The lowest BCUT2D eigenvalue weighted by Gasteiger charge is -2.03. The Morgan fingerprint density at radius 2 is 2.18 bits per heavy atom. The molecule has 1 aromatic carbocycles. The van der Waals surface area contributed by atoms with Gasteiger partial charge in [0.1, 0.15) is 5.82 Å². The molecule has 108 valence electrons. The molecule has 8 heteroatoms. The van der Waals surface area contributed by atoms with Gasteiger partial charge >= 0.3 is 0 Å². The Morgan fingerprint density at radius 3 is 3.09 bits per heavy atom. The molecule has 0 aliphatic heterocycles. The van der Waals surface area contributed by atoms with Gasteiger partial charge in [0.15, 0.2) is 5.65 Å². The van der Waals surface area contributed by atoms with E-state index in [0.29, 0.717) is 23.6 Å². The predicted molar refractivity (Wildman–Crippen MR) is 78.0 cm³/mol. The molecule has 0 unspecified atom stereocenters. The van der Waals surface area contributed by atoms with E-state index in [0.717, 1.165) is 11.0 Å². The summed E-state index contributed by atoms with van der Waals surface area (Å²) < 4.78 is 1.50. The van der Waals surface area contributed by atoms with Gasteiger partial charge in [-0.2, -0.15) is 0 Å². The Kier molecular flexibility index (Phi) is 2.78. The van der Waals surface area contributed by atoms with E-state index in [1.54, 1.807) is 18.3 Å². The lowest BCUT2D eigenvalue weighted by Crippen LogP contribution is -2.23. The van der Waals surface area contributed by atoms with Gasteiger partial charge in [-0.3, -0.25) is 4.79 Å². The summed E-state index contributed by atoms with van der Waals surface area (Å²) in [7, 11) is 0. The second-order valence-electron chi connectivity index (χ2n) is 4.78. The monoisotopic (exact) mass is 293 g/mol. The number of pyridine rings is 1. The lowest BCUT2D eigenvalue weighted by atomic mass is 10.2.